The third-order valence-electron chi connectivity index (χ3n) is 1.57. The minimum absolute atomic E-state index is 0.0804. The van der Waals surface area contributed by atoms with E-state index < -0.39 is 0 Å². The van der Waals surface area contributed by atoms with Crippen LogP contribution in [0.5, 0.6) is 0 Å². The van der Waals surface area contributed by atoms with Crippen LogP contribution < -0.4 is 11.1 Å². The minimum Gasteiger partial charge on any atom is -0.352 e. The number of nitrogens with one attached hydrogen (secondary N) is 1. The third kappa shape index (κ3) is 3.45. The molecular formula is C7H16N2O. The number of carbonyl (C=O) groups excluding carboxylic acids is 1. The zero-order valence-electron chi connectivity index (χ0n) is 6.85. The fraction of sp³-hybridized carbons (Fsp3) is 0.857. The van der Waals surface area contributed by atoms with Crippen LogP contribution in [0.25, 0.3) is 0 Å². The van der Waals surface area contributed by atoms with Gasteiger partial charge in [-0.05, 0) is 12.8 Å². The topological polar surface area (TPSA) is 55.1 Å². The summed E-state index contributed by atoms with van der Waals surface area (Å²) < 4.78 is 0. The van der Waals surface area contributed by atoms with E-state index in [9.17, 15) is 4.79 Å². The highest BCUT2D eigenvalue weighted by Crippen LogP contribution is 1.98. The van der Waals surface area contributed by atoms with E-state index in [0.29, 0.717) is 5.92 Å². The van der Waals surface area contributed by atoms with Crippen molar-refractivity contribution in [1.29, 1.82) is 0 Å². The van der Waals surface area contributed by atoms with Gasteiger partial charge in [0.25, 0.3) is 0 Å². The molecule has 3 heteroatoms. The molecule has 0 aliphatic rings. The molecule has 0 rings (SSSR count). The zero-order valence-corrected chi connectivity index (χ0v) is 6.85. The lowest BCUT2D eigenvalue weighted by molar-refractivity contribution is -0.120. The van der Waals surface area contributed by atoms with Gasteiger partial charge in [0.2, 0.25) is 5.91 Å². The first-order valence-corrected chi connectivity index (χ1v) is 3.57. The molecule has 0 radical (unpaired) electrons. The molecule has 0 fully saturated rings. The SMILES string of the molecule is CC(C)C(C)NC(=O)CN. The summed E-state index contributed by atoms with van der Waals surface area (Å²) >= 11 is 0. The Morgan fingerprint density at radius 1 is 1.50 bits per heavy atom. The molecule has 0 aliphatic heterocycles. The molecule has 0 saturated carbocycles. The van der Waals surface area contributed by atoms with Gasteiger partial charge in [0.1, 0.15) is 0 Å². The van der Waals surface area contributed by atoms with E-state index in [2.05, 4.69) is 19.2 Å². The van der Waals surface area contributed by atoms with Crippen molar-refractivity contribution in [3.05, 3.63) is 0 Å². The average molecular weight is 144 g/mol. The summed E-state index contributed by atoms with van der Waals surface area (Å²) in [5.74, 6) is 0.386. The number of hydrogen-bond donors (Lipinski definition) is 2. The Kier molecular flexibility index (Phi) is 4.03. The van der Waals surface area contributed by atoms with Crippen molar-refractivity contribution in [1.82, 2.24) is 5.32 Å². The Labute approximate surface area is 62.0 Å². The van der Waals surface area contributed by atoms with Crippen molar-refractivity contribution in [2.24, 2.45) is 11.7 Å². The summed E-state index contributed by atoms with van der Waals surface area (Å²) in [6.07, 6.45) is 0. The number of carbonyl (C=O) groups is 1. The number of nitrogens with two attached hydrogens (primary N) is 1. The Balaban J connectivity index is 3.57. The standard InChI is InChI=1S/C7H16N2O/c1-5(2)6(3)9-7(10)4-8/h5-6H,4,8H2,1-3H3,(H,9,10). The lowest BCUT2D eigenvalue weighted by Crippen LogP contribution is -2.39. The van der Waals surface area contributed by atoms with Crippen molar-refractivity contribution in [3.8, 4) is 0 Å². The van der Waals surface area contributed by atoms with Gasteiger partial charge < -0.3 is 11.1 Å². The summed E-state index contributed by atoms with van der Waals surface area (Å²) in [4.78, 5) is 10.7. The van der Waals surface area contributed by atoms with Crippen LogP contribution in [-0.2, 0) is 4.79 Å². The van der Waals surface area contributed by atoms with Gasteiger partial charge in [-0.2, -0.15) is 0 Å². The first-order valence-electron chi connectivity index (χ1n) is 3.57. The molecule has 0 spiro atoms. The Hall–Kier alpha value is -0.570. The lowest BCUT2D eigenvalue weighted by Gasteiger charge is -2.16. The third-order valence-corrected chi connectivity index (χ3v) is 1.57. The van der Waals surface area contributed by atoms with E-state index in [-0.39, 0.29) is 18.5 Å². The maximum absolute atomic E-state index is 10.7. The quantitative estimate of drug-likeness (QED) is 0.590. The highest BCUT2D eigenvalue weighted by molar-refractivity contribution is 5.77. The van der Waals surface area contributed by atoms with Crippen molar-refractivity contribution < 1.29 is 4.79 Å². The maximum atomic E-state index is 10.7. The van der Waals surface area contributed by atoms with Gasteiger partial charge >= 0.3 is 0 Å². The Bertz CT molecular complexity index is 112. The normalized spacial score (nSPS) is 13.3. The smallest absolute Gasteiger partial charge is 0.233 e. The molecule has 0 aromatic carbocycles. The molecule has 1 atom stereocenters. The van der Waals surface area contributed by atoms with E-state index in [0.717, 1.165) is 0 Å². The molecule has 1 unspecified atom stereocenters. The molecule has 3 N–H and O–H groups in total. The molecule has 0 aromatic rings. The van der Waals surface area contributed by atoms with Crippen LogP contribution in [0, 0.1) is 5.92 Å². The molecule has 0 bridgehead atoms. The van der Waals surface area contributed by atoms with Crippen LogP contribution in [-0.4, -0.2) is 18.5 Å². The molecule has 3 nitrogen and oxygen atoms in total. The number of rotatable bonds is 3. The predicted octanol–water partition coefficient (Wildman–Crippen LogP) is 0.106. The van der Waals surface area contributed by atoms with E-state index in [1.807, 2.05) is 6.92 Å². The number of amides is 1. The number of hydrogen-bond acceptors (Lipinski definition) is 2. The van der Waals surface area contributed by atoms with Crippen LogP contribution in [0.2, 0.25) is 0 Å². The van der Waals surface area contributed by atoms with Gasteiger partial charge in [-0.3, -0.25) is 4.79 Å². The molecule has 0 aliphatic carbocycles. The van der Waals surface area contributed by atoms with Crippen LogP contribution in [0.15, 0.2) is 0 Å². The summed E-state index contributed by atoms with van der Waals surface area (Å²) in [5.41, 5.74) is 5.11. The van der Waals surface area contributed by atoms with Crippen LogP contribution in [0.4, 0.5) is 0 Å². The highest BCUT2D eigenvalue weighted by atomic mass is 16.1. The molecule has 0 heterocycles. The summed E-state index contributed by atoms with van der Waals surface area (Å²) in [6, 6.07) is 0.219. The second kappa shape index (κ2) is 4.28. The van der Waals surface area contributed by atoms with Crippen LogP contribution in [0.3, 0.4) is 0 Å². The van der Waals surface area contributed by atoms with Crippen LogP contribution in [0.1, 0.15) is 20.8 Å². The highest BCUT2D eigenvalue weighted by Gasteiger charge is 2.08. The van der Waals surface area contributed by atoms with Crippen molar-refractivity contribution in [2.75, 3.05) is 6.54 Å². The largest absolute Gasteiger partial charge is 0.352 e. The fourth-order valence-corrected chi connectivity index (χ4v) is 0.480. The first-order chi connectivity index (χ1) is 4.57. The summed E-state index contributed by atoms with van der Waals surface area (Å²) in [6.45, 7) is 6.16. The molecule has 1 amide bonds. The molecular weight excluding hydrogens is 128 g/mol. The van der Waals surface area contributed by atoms with Gasteiger partial charge in [0, 0.05) is 6.04 Å². The van der Waals surface area contributed by atoms with Gasteiger partial charge in [-0.25, -0.2) is 0 Å². The summed E-state index contributed by atoms with van der Waals surface area (Å²) in [5, 5.41) is 2.77. The van der Waals surface area contributed by atoms with Crippen molar-refractivity contribution in [2.45, 2.75) is 26.8 Å². The molecule has 0 aromatic heterocycles. The molecule has 10 heavy (non-hydrogen) atoms. The fourth-order valence-electron chi connectivity index (χ4n) is 0.480. The second-order valence-corrected chi connectivity index (χ2v) is 2.80. The Morgan fingerprint density at radius 3 is 2.30 bits per heavy atom. The summed E-state index contributed by atoms with van der Waals surface area (Å²) in [7, 11) is 0. The maximum Gasteiger partial charge on any atom is 0.233 e. The van der Waals surface area contributed by atoms with Gasteiger partial charge in [-0.15, -0.1) is 0 Å². The molecule has 0 saturated heterocycles. The van der Waals surface area contributed by atoms with Crippen molar-refractivity contribution in [3.63, 3.8) is 0 Å². The van der Waals surface area contributed by atoms with E-state index in [1.165, 1.54) is 0 Å². The van der Waals surface area contributed by atoms with E-state index in [4.69, 9.17) is 5.73 Å². The monoisotopic (exact) mass is 144 g/mol. The Morgan fingerprint density at radius 2 is 2.00 bits per heavy atom. The molecule has 60 valence electrons. The van der Waals surface area contributed by atoms with Gasteiger partial charge in [0.15, 0.2) is 0 Å². The zero-order chi connectivity index (χ0) is 8.15. The van der Waals surface area contributed by atoms with Gasteiger partial charge in [0.05, 0.1) is 6.54 Å². The predicted molar refractivity (Wildman–Crippen MR) is 41.5 cm³/mol. The minimum atomic E-state index is -0.0822. The second-order valence-electron chi connectivity index (χ2n) is 2.80. The first kappa shape index (κ1) is 9.43. The van der Waals surface area contributed by atoms with Gasteiger partial charge in [-0.1, -0.05) is 13.8 Å². The van der Waals surface area contributed by atoms with Crippen molar-refractivity contribution >= 4 is 5.91 Å². The lowest BCUT2D eigenvalue weighted by atomic mass is 10.1. The van der Waals surface area contributed by atoms with Crippen LogP contribution >= 0.6 is 0 Å². The van der Waals surface area contributed by atoms with E-state index in [1.54, 1.807) is 0 Å². The average Bonchev–Trinajstić information content (AvgIpc) is 1.87. The van der Waals surface area contributed by atoms with E-state index >= 15 is 0 Å².